The minimum absolute atomic E-state index is 0.0341. The molecule has 0 aromatic heterocycles. The van der Waals surface area contributed by atoms with Crippen LogP contribution in [0.15, 0.2) is 42.5 Å². The molecule has 28 heavy (non-hydrogen) atoms. The second-order valence-corrected chi connectivity index (χ2v) is 7.38. The van der Waals surface area contributed by atoms with Crippen LogP contribution in [-0.4, -0.2) is 58.3 Å². The highest BCUT2D eigenvalue weighted by Crippen LogP contribution is 2.33. The summed E-state index contributed by atoms with van der Waals surface area (Å²) in [5, 5.41) is 3.68. The van der Waals surface area contributed by atoms with Crippen LogP contribution in [-0.2, 0) is 4.79 Å². The summed E-state index contributed by atoms with van der Waals surface area (Å²) in [4.78, 5) is 16.7. The van der Waals surface area contributed by atoms with Gasteiger partial charge >= 0.3 is 0 Å². The third kappa shape index (κ3) is 4.88. The Balaban J connectivity index is 1.62. The summed E-state index contributed by atoms with van der Waals surface area (Å²) < 4.78 is 10.9. The summed E-state index contributed by atoms with van der Waals surface area (Å²) >= 11 is 6.11. The predicted molar refractivity (Wildman–Crippen MR) is 112 cm³/mol. The van der Waals surface area contributed by atoms with E-state index in [2.05, 4.69) is 10.2 Å². The number of benzene rings is 2. The summed E-state index contributed by atoms with van der Waals surface area (Å²) in [7, 11) is 5.65. The van der Waals surface area contributed by atoms with Gasteiger partial charge in [0.2, 0.25) is 5.91 Å². The molecule has 2 aromatic rings. The standard InChI is InChI=1S/C21H26ClN3O3/c1-24(2)19(15-4-7-17(27-3)8-5-15)13-23-21(26)14-25-10-11-28-20-9-6-16(22)12-18(20)25/h4-9,12,19H,10-11,13-14H2,1-3H3,(H,23,26). The van der Waals surface area contributed by atoms with E-state index in [4.69, 9.17) is 21.1 Å². The van der Waals surface area contributed by atoms with Crippen LogP contribution in [0.5, 0.6) is 11.5 Å². The van der Waals surface area contributed by atoms with Crippen molar-refractivity contribution in [1.82, 2.24) is 10.2 Å². The fraction of sp³-hybridized carbons (Fsp3) is 0.381. The summed E-state index contributed by atoms with van der Waals surface area (Å²) in [5.41, 5.74) is 1.97. The fourth-order valence-electron chi connectivity index (χ4n) is 3.27. The van der Waals surface area contributed by atoms with E-state index in [1.54, 1.807) is 13.2 Å². The molecule has 2 aromatic carbocycles. The van der Waals surface area contributed by atoms with Gasteiger partial charge in [-0.3, -0.25) is 4.79 Å². The lowest BCUT2D eigenvalue weighted by atomic mass is 10.1. The molecule has 0 radical (unpaired) electrons. The van der Waals surface area contributed by atoms with E-state index in [0.717, 1.165) is 22.7 Å². The number of methoxy groups -OCH3 is 1. The molecular formula is C21H26ClN3O3. The maximum absolute atomic E-state index is 12.6. The maximum Gasteiger partial charge on any atom is 0.239 e. The van der Waals surface area contributed by atoms with Crippen LogP contribution >= 0.6 is 11.6 Å². The van der Waals surface area contributed by atoms with Gasteiger partial charge in [0.1, 0.15) is 18.1 Å². The SMILES string of the molecule is COc1ccc(C(CNC(=O)CN2CCOc3ccc(Cl)cc32)N(C)C)cc1. The summed E-state index contributed by atoms with van der Waals surface area (Å²) in [6, 6.07) is 13.5. The first-order chi connectivity index (χ1) is 13.5. The monoisotopic (exact) mass is 403 g/mol. The molecule has 0 fully saturated rings. The van der Waals surface area contributed by atoms with Crippen LogP contribution in [0.3, 0.4) is 0 Å². The minimum atomic E-state index is -0.0341. The number of likely N-dealkylation sites (N-methyl/N-ethyl adjacent to an activating group) is 1. The summed E-state index contributed by atoms with van der Waals surface area (Å²) in [5.74, 6) is 1.54. The molecule has 0 saturated carbocycles. The fourth-order valence-corrected chi connectivity index (χ4v) is 3.44. The van der Waals surface area contributed by atoms with E-state index < -0.39 is 0 Å². The van der Waals surface area contributed by atoms with Gasteiger partial charge in [0.05, 0.1) is 31.9 Å². The van der Waals surface area contributed by atoms with Crippen LogP contribution in [0.25, 0.3) is 0 Å². The van der Waals surface area contributed by atoms with Gasteiger partial charge in [0, 0.05) is 11.6 Å². The number of carbonyl (C=O) groups is 1. The van der Waals surface area contributed by atoms with Gasteiger partial charge in [0.15, 0.2) is 0 Å². The quantitative estimate of drug-likeness (QED) is 0.770. The minimum Gasteiger partial charge on any atom is -0.497 e. The molecule has 1 aliphatic rings. The molecule has 0 spiro atoms. The third-order valence-corrected chi connectivity index (χ3v) is 5.07. The van der Waals surface area contributed by atoms with Crippen molar-refractivity contribution >= 4 is 23.2 Å². The molecule has 1 heterocycles. The van der Waals surface area contributed by atoms with Crippen molar-refractivity contribution in [1.29, 1.82) is 0 Å². The molecule has 150 valence electrons. The van der Waals surface area contributed by atoms with Crippen LogP contribution in [0.4, 0.5) is 5.69 Å². The van der Waals surface area contributed by atoms with Crippen LogP contribution in [0, 0.1) is 0 Å². The number of rotatable bonds is 7. The Labute approximate surface area is 171 Å². The lowest BCUT2D eigenvalue weighted by molar-refractivity contribution is -0.120. The molecule has 0 bridgehead atoms. The first-order valence-corrected chi connectivity index (χ1v) is 9.60. The van der Waals surface area contributed by atoms with Gasteiger partial charge < -0.3 is 24.6 Å². The second kappa shape index (κ2) is 9.17. The number of anilines is 1. The van der Waals surface area contributed by atoms with Crippen molar-refractivity contribution in [2.45, 2.75) is 6.04 Å². The summed E-state index contributed by atoms with van der Waals surface area (Å²) in [6.45, 7) is 1.98. The topological polar surface area (TPSA) is 54.0 Å². The van der Waals surface area contributed by atoms with Crippen molar-refractivity contribution in [2.75, 3.05) is 52.3 Å². The molecule has 1 N–H and O–H groups in total. The molecule has 1 unspecified atom stereocenters. The van der Waals surface area contributed by atoms with Crippen molar-refractivity contribution in [3.8, 4) is 11.5 Å². The average molecular weight is 404 g/mol. The predicted octanol–water partition coefficient (Wildman–Crippen LogP) is 2.97. The van der Waals surface area contributed by atoms with Crippen LogP contribution in [0.2, 0.25) is 5.02 Å². The first kappa shape index (κ1) is 20.3. The number of nitrogens with zero attached hydrogens (tertiary/aromatic N) is 2. The molecule has 6 nitrogen and oxygen atoms in total. The zero-order valence-electron chi connectivity index (χ0n) is 16.4. The van der Waals surface area contributed by atoms with Gasteiger partial charge in [-0.15, -0.1) is 0 Å². The number of hydrogen-bond donors (Lipinski definition) is 1. The highest BCUT2D eigenvalue weighted by Gasteiger charge is 2.22. The molecule has 1 amide bonds. The Morgan fingerprint density at radius 1 is 1.29 bits per heavy atom. The zero-order chi connectivity index (χ0) is 20.1. The number of carbonyl (C=O) groups excluding carboxylic acids is 1. The van der Waals surface area contributed by atoms with E-state index in [1.165, 1.54) is 0 Å². The Morgan fingerprint density at radius 2 is 2.04 bits per heavy atom. The number of fused-ring (bicyclic) bond motifs is 1. The Bertz CT molecular complexity index is 811. The molecule has 1 aliphatic heterocycles. The number of amides is 1. The molecule has 0 saturated heterocycles. The highest BCUT2D eigenvalue weighted by molar-refractivity contribution is 6.31. The molecule has 1 atom stereocenters. The molecular weight excluding hydrogens is 378 g/mol. The highest BCUT2D eigenvalue weighted by atomic mass is 35.5. The van der Waals surface area contributed by atoms with Crippen LogP contribution < -0.4 is 19.7 Å². The Hall–Kier alpha value is -2.44. The number of nitrogens with one attached hydrogen (secondary N) is 1. The lowest BCUT2D eigenvalue weighted by Gasteiger charge is -2.31. The number of hydrogen-bond acceptors (Lipinski definition) is 5. The molecule has 0 aliphatic carbocycles. The first-order valence-electron chi connectivity index (χ1n) is 9.22. The van der Waals surface area contributed by atoms with Gasteiger partial charge in [0.25, 0.3) is 0 Å². The van der Waals surface area contributed by atoms with E-state index in [1.807, 2.05) is 55.4 Å². The van der Waals surface area contributed by atoms with E-state index in [-0.39, 0.29) is 18.5 Å². The van der Waals surface area contributed by atoms with Crippen LogP contribution in [0.1, 0.15) is 11.6 Å². The largest absolute Gasteiger partial charge is 0.497 e. The van der Waals surface area contributed by atoms with Crippen molar-refractivity contribution in [2.24, 2.45) is 0 Å². The number of ether oxygens (including phenoxy) is 2. The van der Waals surface area contributed by atoms with Crippen molar-refractivity contribution in [3.05, 3.63) is 53.1 Å². The van der Waals surface area contributed by atoms with E-state index >= 15 is 0 Å². The average Bonchev–Trinajstić information content (AvgIpc) is 2.69. The van der Waals surface area contributed by atoms with E-state index in [9.17, 15) is 4.79 Å². The van der Waals surface area contributed by atoms with Gasteiger partial charge in [-0.1, -0.05) is 23.7 Å². The van der Waals surface area contributed by atoms with Gasteiger partial charge in [-0.2, -0.15) is 0 Å². The summed E-state index contributed by atoms with van der Waals surface area (Å²) in [6.07, 6.45) is 0. The van der Waals surface area contributed by atoms with E-state index in [0.29, 0.717) is 24.7 Å². The zero-order valence-corrected chi connectivity index (χ0v) is 17.2. The third-order valence-electron chi connectivity index (χ3n) is 4.83. The normalized spacial score (nSPS) is 14.2. The maximum atomic E-state index is 12.6. The molecule has 7 heteroatoms. The number of halogens is 1. The van der Waals surface area contributed by atoms with Crippen molar-refractivity contribution < 1.29 is 14.3 Å². The second-order valence-electron chi connectivity index (χ2n) is 6.94. The van der Waals surface area contributed by atoms with Gasteiger partial charge in [-0.25, -0.2) is 0 Å². The lowest BCUT2D eigenvalue weighted by Crippen LogP contribution is -2.43. The molecule has 3 rings (SSSR count). The Morgan fingerprint density at radius 3 is 2.71 bits per heavy atom. The van der Waals surface area contributed by atoms with Gasteiger partial charge in [-0.05, 0) is 50.0 Å². The smallest absolute Gasteiger partial charge is 0.239 e. The van der Waals surface area contributed by atoms with Crippen molar-refractivity contribution in [3.63, 3.8) is 0 Å². The Kier molecular flexibility index (Phi) is 6.65.